The second-order valence-electron chi connectivity index (χ2n) is 13.2. The van der Waals surface area contributed by atoms with E-state index in [1.165, 1.54) is 45.5 Å². The van der Waals surface area contributed by atoms with E-state index in [1.54, 1.807) is 71.9 Å². The molecule has 14 nitrogen and oxygen atoms in total. The third-order valence-corrected chi connectivity index (χ3v) is 9.71. The van der Waals surface area contributed by atoms with Gasteiger partial charge in [-0.2, -0.15) is 0 Å². The van der Waals surface area contributed by atoms with E-state index in [2.05, 4.69) is 20.2 Å². The van der Waals surface area contributed by atoms with Crippen LogP contribution < -0.4 is 11.1 Å². The molecule has 18 heteroatoms. The van der Waals surface area contributed by atoms with Crippen molar-refractivity contribution in [3.8, 4) is 0 Å². The van der Waals surface area contributed by atoms with Crippen LogP contribution in [0.1, 0.15) is 66.1 Å². The molecular formula is C38H40BClF2N8O6. The highest BCUT2D eigenvalue weighted by Crippen LogP contribution is 2.27. The fourth-order valence-electron chi connectivity index (χ4n) is 6.20. The van der Waals surface area contributed by atoms with Crippen LogP contribution in [-0.2, 0) is 23.6 Å². The van der Waals surface area contributed by atoms with E-state index in [0.29, 0.717) is 30.1 Å². The summed E-state index contributed by atoms with van der Waals surface area (Å²) < 4.78 is 42.2. The van der Waals surface area contributed by atoms with E-state index in [9.17, 15) is 18.4 Å². The van der Waals surface area contributed by atoms with Crippen molar-refractivity contribution in [1.82, 2.24) is 38.3 Å². The van der Waals surface area contributed by atoms with E-state index in [4.69, 9.17) is 31.1 Å². The molecule has 56 heavy (non-hydrogen) atoms. The quantitative estimate of drug-likeness (QED) is 0.231. The molecule has 0 unspecified atom stereocenters. The molecule has 0 aliphatic carbocycles. The largest absolute Gasteiger partial charge is 0.480 e. The smallest absolute Gasteiger partial charge is 0.424 e. The van der Waals surface area contributed by atoms with E-state index in [1.807, 2.05) is 0 Å². The van der Waals surface area contributed by atoms with Gasteiger partial charge in [0.1, 0.15) is 23.3 Å². The Kier molecular flexibility index (Phi) is 13.4. The Morgan fingerprint density at radius 3 is 1.62 bits per heavy atom. The van der Waals surface area contributed by atoms with Crippen molar-refractivity contribution >= 4 is 48.0 Å². The van der Waals surface area contributed by atoms with Crippen LogP contribution in [0.15, 0.2) is 76.5 Å². The first-order valence-electron chi connectivity index (χ1n) is 17.9. The standard InChI is InChI=1S/C19H19FN4O2.C11H13ClN4O2.C8H8BFO2/c1-23-17(7-4-13-2-5-15(20)6-3-13)22-24-16(19(23)25)12-21-18(24)14-8-10-26-11-9-14;1-15-10(17)8-6-13-9(16(8)14-11(15)12)7-2-4-18-5-3-7;10-8-3-1-7(2-4-8)5-6-9(11)12/h2-7,12,14H,8-11H2,1H3;6-7H,2-5H2,1H3;1-6,11-12H/b7-4+;;6-5+. The van der Waals surface area contributed by atoms with Gasteiger partial charge in [0.05, 0.1) is 12.4 Å². The van der Waals surface area contributed by atoms with Gasteiger partial charge < -0.3 is 19.5 Å². The number of fused-ring (bicyclic) bond motifs is 2. The summed E-state index contributed by atoms with van der Waals surface area (Å²) in [5.41, 5.74) is 2.15. The van der Waals surface area contributed by atoms with Crippen LogP contribution in [0.5, 0.6) is 0 Å². The van der Waals surface area contributed by atoms with Crippen LogP contribution in [0.3, 0.4) is 0 Å². The molecule has 2 fully saturated rings. The highest BCUT2D eigenvalue weighted by atomic mass is 35.5. The van der Waals surface area contributed by atoms with Gasteiger partial charge >= 0.3 is 7.12 Å². The maximum Gasteiger partial charge on any atom is 0.480 e. The average molecular weight is 789 g/mol. The van der Waals surface area contributed by atoms with Crippen LogP contribution in [0, 0.1) is 11.6 Å². The maximum absolute atomic E-state index is 13.0. The topological polar surface area (TPSA) is 163 Å². The van der Waals surface area contributed by atoms with E-state index in [0.717, 1.165) is 61.7 Å². The van der Waals surface area contributed by atoms with Crippen LogP contribution in [0.2, 0.25) is 5.28 Å². The lowest BCUT2D eigenvalue weighted by Gasteiger charge is -2.20. The van der Waals surface area contributed by atoms with E-state index >= 15 is 0 Å². The number of imidazole rings is 2. The fourth-order valence-corrected chi connectivity index (χ4v) is 6.35. The zero-order valence-corrected chi connectivity index (χ0v) is 31.5. The summed E-state index contributed by atoms with van der Waals surface area (Å²) >= 11 is 5.94. The first-order valence-corrected chi connectivity index (χ1v) is 18.3. The summed E-state index contributed by atoms with van der Waals surface area (Å²) in [6.07, 6.45) is 11.8. The predicted octanol–water partition coefficient (Wildman–Crippen LogP) is 4.46. The molecule has 292 valence electrons. The van der Waals surface area contributed by atoms with Gasteiger partial charge in [0.25, 0.3) is 11.1 Å². The van der Waals surface area contributed by atoms with Crippen molar-refractivity contribution in [2.24, 2.45) is 14.1 Å². The minimum atomic E-state index is -1.46. The van der Waals surface area contributed by atoms with Crippen LogP contribution in [0.25, 0.3) is 29.3 Å². The van der Waals surface area contributed by atoms with Gasteiger partial charge in [-0.1, -0.05) is 42.4 Å². The highest BCUT2D eigenvalue weighted by molar-refractivity contribution is 6.48. The molecule has 0 radical (unpaired) electrons. The number of rotatable bonds is 6. The Morgan fingerprint density at radius 1 is 0.696 bits per heavy atom. The van der Waals surface area contributed by atoms with Crippen molar-refractivity contribution in [1.29, 1.82) is 0 Å². The number of hydrogen-bond donors (Lipinski definition) is 2. The third-order valence-electron chi connectivity index (χ3n) is 9.38. The Bertz CT molecular complexity index is 2440. The zero-order chi connectivity index (χ0) is 39.8. The van der Waals surface area contributed by atoms with E-state index < -0.39 is 7.12 Å². The molecule has 0 atom stereocenters. The molecule has 2 saturated heterocycles. The second-order valence-corrected chi connectivity index (χ2v) is 13.5. The molecule has 6 heterocycles. The van der Waals surface area contributed by atoms with Crippen molar-refractivity contribution in [3.63, 3.8) is 0 Å². The molecule has 0 amide bonds. The van der Waals surface area contributed by atoms with Gasteiger partial charge in [-0.25, -0.2) is 27.8 Å². The van der Waals surface area contributed by atoms with Gasteiger partial charge in [-0.3, -0.25) is 18.7 Å². The first kappa shape index (κ1) is 40.3. The fraction of sp³-hybridized carbons (Fsp3) is 0.316. The number of hydrogen-bond acceptors (Lipinski definition) is 10. The number of nitrogens with zero attached hydrogens (tertiary/aromatic N) is 8. The lowest BCUT2D eigenvalue weighted by Crippen LogP contribution is -2.25. The highest BCUT2D eigenvalue weighted by Gasteiger charge is 2.24. The molecule has 2 aromatic carbocycles. The zero-order valence-electron chi connectivity index (χ0n) is 30.7. The van der Waals surface area contributed by atoms with Gasteiger partial charge in [-0.15, -0.1) is 10.2 Å². The lowest BCUT2D eigenvalue weighted by atomic mass is 9.91. The molecule has 0 saturated carbocycles. The minimum Gasteiger partial charge on any atom is -0.424 e. The molecule has 8 rings (SSSR count). The normalized spacial score (nSPS) is 15.3. The monoisotopic (exact) mass is 788 g/mol. The van der Waals surface area contributed by atoms with Crippen molar-refractivity contribution in [2.75, 3.05) is 26.4 Å². The Morgan fingerprint density at radius 2 is 1.14 bits per heavy atom. The molecular weight excluding hydrogens is 749 g/mol. The lowest BCUT2D eigenvalue weighted by molar-refractivity contribution is 0.0831. The summed E-state index contributed by atoms with van der Waals surface area (Å²) in [5.74, 6) is 3.23. The number of halogens is 3. The van der Waals surface area contributed by atoms with Crippen molar-refractivity contribution in [3.05, 3.63) is 133 Å². The molecule has 0 spiro atoms. The molecule has 2 N–H and O–H groups in total. The Balaban J connectivity index is 0.000000154. The van der Waals surface area contributed by atoms with Gasteiger partial charge in [0.15, 0.2) is 16.9 Å². The first-order chi connectivity index (χ1) is 27.0. The van der Waals surface area contributed by atoms with Gasteiger partial charge in [0.2, 0.25) is 5.28 Å². The summed E-state index contributed by atoms with van der Waals surface area (Å²) in [4.78, 5) is 33.4. The Hall–Kier alpha value is -5.33. The van der Waals surface area contributed by atoms with Crippen LogP contribution in [-0.4, -0.2) is 81.9 Å². The van der Waals surface area contributed by atoms with Crippen molar-refractivity contribution in [2.45, 2.75) is 37.5 Å². The minimum absolute atomic E-state index is 0.149. The summed E-state index contributed by atoms with van der Waals surface area (Å²) in [7, 11) is 1.81. The molecule has 6 aromatic rings. The molecule has 4 aromatic heterocycles. The van der Waals surface area contributed by atoms with E-state index in [-0.39, 0.29) is 39.9 Å². The predicted molar refractivity (Wildman–Crippen MR) is 208 cm³/mol. The molecule has 2 aliphatic rings. The molecule has 0 bridgehead atoms. The van der Waals surface area contributed by atoms with Gasteiger partial charge in [-0.05, 0) is 78.8 Å². The number of ether oxygens (including phenoxy) is 2. The van der Waals surface area contributed by atoms with Crippen molar-refractivity contribution < 1.29 is 28.3 Å². The number of aromatic nitrogens is 8. The maximum atomic E-state index is 13.0. The SMILES string of the molecule is Cn1c(/C=C/c2ccc(F)cc2)nn2c(C3CCOCC3)ncc2c1=O.Cn1c(Cl)nn2c(C3CCOCC3)ncc2c1=O.OB(O)/C=C/c1ccc(F)cc1. The second kappa shape index (κ2) is 18.5. The summed E-state index contributed by atoms with van der Waals surface area (Å²) in [6, 6.07) is 11.9. The average Bonchev–Trinajstić information content (AvgIpc) is 3.84. The van der Waals surface area contributed by atoms with Crippen LogP contribution in [0.4, 0.5) is 8.78 Å². The van der Waals surface area contributed by atoms with Crippen LogP contribution >= 0.6 is 11.6 Å². The Labute approximate surface area is 325 Å². The summed E-state index contributed by atoms with van der Waals surface area (Å²) in [5, 5.41) is 25.9. The van der Waals surface area contributed by atoms with Gasteiger partial charge in [0, 0.05) is 52.4 Å². The number of benzene rings is 2. The molecule has 2 aliphatic heterocycles. The third kappa shape index (κ3) is 9.72. The summed E-state index contributed by atoms with van der Waals surface area (Å²) in [6.45, 7) is 2.83.